The van der Waals surface area contributed by atoms with Crippen LogP contribution < -0.4 is 45.0 Å². The number of fused-ring (bicyclic) bond motifs is 8. The Kier molecular flexibility index (Phi) is 18.0. The van der Waals surface area contributed by atoms with Gasteiger partial charge in [0, 0.05) is 100 Å². The maximum absolute atomic E-state index is 14.5. The van der Waals surface area contributed by atoms with Gasteiger partial charge in [0.1, 0.15) is 23.9 Å². The lowest BCUT2D eigenvalue weighted by Gasteiger charge is -2.60. The van der Waals surface area contributed by atoms with Gasteiger partial charge in [-0.25, -0.2) is 0 Å². The van der Waals surface area contributed by atoms with Gasteiger partial charge in [-0.3, -0.25) is 19.8 Å². The molecule has 1 saturated heterocycles. The minimum absolute atomic E-state index is 0.00832. The average molecular weight is 1330 g/mol. The van der Waals surface area contributed by atoms with E-state index in [-0.39, 0.29) is 84.5 Å². The molecule has 4 aromatic carbocycles. The summed E-state index contributed by atoms with van der Waals surface area (Å²) >= 11 is 0. The molecule has 0 aromatic heterocycles. The fourth-order valence-electron chi connectivity index (χ4n) is 21.5. The fourth-order valence-corrected chi connectivity index (χ4v) is 21.5. The quantitative estimate of drug-likeness (QED) is 0.0224. The third-order valence-corrected chi connectivity index (χ3v) is 25.9. The number of ether oxygens (including phenoxy) is 5. The summed E-state index contributed by atoms with van der Waals surface area (Å²) in [7, 11) is 5.19. The van der Waals surface area contributed by atoms with Crippen LogP contribution in [0.4, 0.5) is 5.69 Å². The highest BCUT2D eigenvalue weighted by Gasteiger charge is 2.62. The summed E-state index contributed by atoms with van der Waals surface area (Å²) in [6.07, 6.45) is 23.2. The Bertz CT molecular complexity index is 3790. The van der Waals surface area contributed by atoms with Gasteiger partial charge in [0.05, 0.1) is 55.8 Å². The van der Waals surface area contributed by atoms with Crippen LogP contribution in [-0.4, -0.2) is 137 Å². The number of methoxy groups -OCH3 is 1. The lowest BCUT2D eigenvalue weighted by Crippen LogP contribution is -2.65. The van der Waals surface area contributed by atoms with Crippen molar-refractivity contribution in [1.82, 2.24) is 20.9 Å². The lowest BCUT2D eigenvalue weighted by atomic mass is 9.47. The molecule has 4 aromatic rings. The van der Waals surface area contributed by atoms with Crippen LogP contribution in [0.15, 0.2) is 78.4 Å². The van der Waals surface area contributed by atoms with Gasteiger partial charge in [-0.2, -0.15) is 0 Å². The smallest absolute Gasteiger partial charge is 0.258 e. The van der Waals surface area contributed by atoms with E-state index in [4.69, 9.17) is 23.7 Å². The number of allylic oxidation sites excluding steroid dienone is 3. The highest BCUT2D eigenvalue weighted by Crippen LogP contribution is 2.63. The predicted molar refractivity (Wildman–Crippen MR) is 370 cm³/mol. The number of hydrogen-bond acceptors (Lipinski definition) is 17. The van der Waals surface area contributed by atoms with Crippen LogP contribution >= 0.6 is 0 Å². The van der Waals surface area contributed by atoms with Crippen LogP contribution in [0.5, 0.6) is 34.5 Å². The molecule has 16 atom stereocenters. The summed E-state index contributed by atoms with van der Waals surface area (Å²) in [4.78, 5) is 30.3. The Morgan fingerprint density at radius 1 is 0.845 bits per heavy atom. The van der Waals surface area contributed by atoms with E-state index in [0.29, 0.717) is 115 Å². The number of carbonyl (C=O) groups is 2. The van der Waals surface area contributed by atoms with Crippen molar-refractivity contribution < 1.29 is 63.9 Å². The Labute approximate surface area is 570 Å². The van der Waals surface area contributed by atoms with E-state index >= 15 is 0 Å². The van der Waals surface area contributed by atoms with Gasteiger partial charge in [0.25, 0.3) is 11.8 Å². The molecule has 2 amide bonds. The molecule has 4 saturated carbocycles. The molecule has 18 nitrogen and oxygen atoms in total. The molecular weight excluding hydrogens is 1230 g/mol. The maximum Gasteiger partial charge on any atom is 0.258 e. The van der Waals surface area contributed by atoms with Gasteiger partial charge < -0.3 is 70.3 Å². The summed E-state index contributed by atoms with van der Waals surface area (Å²) in [6.45, 7) is 5.15. The van der Waals surface area contributed by atoms with Crippen molar-refractivity contribution in [3.05, 3.63) is 117 Å². The van der Waals surface area contributed by atoms with Gasteiger partial charge in [0.15, 0.2) is 23.5 Å². The highest BCUT2D eigenvalue weighted by atomic mass is 16.5. The largest absolute Gasteiger partial charge is 0.502 e. The minimum Gasteiger partial charge on any atom is -0.502 e. The second kappa shape index (κ2) is 26.2. The number of aliphatic hydroxyl groups excluding tert-OH is 4. The van der Waals surface area contributed by atoms with Crippen molar-refractivity contribution in [1.29, 1.82) is 0 Å². The molecule has 4 heterocycles. The Morgan fingerprint density at radius 2 is 1.65 bits per heavy atom. The molecular formula is C79H101N5O13. The maximum atomic E-state index is 14.5. The topological polar surface area (TPSA) is 253 Å². The van der Waals surface area contributed by atoms with Crippen LogP contribution in [0, 0.1) is 47.3 Å². The van der Waals surface area contributed by atoms with Crippen molar-refractivity contribution in [3.63, 3.8) is 0 Å². The van der Waals surface area contributed by atoms with Gasteiger partial charge >= 0.3 is 0 Å². The summed E-state index contributed by atoms with van der Waals surface area (Å²) in [5.41, 5.74) is 5.60. The molecule has 97 heavy (non-hydrogen) atoms. The molecule has 10 N–H and O–H groups in total. The molecule has 0 radical (unpaired) electrons. The van der Waals surface area contributed by atoms with Crippen molar-refractivity contribution in [2.24, 2.45) is 47.3 Å². The number of likely N-dealkylation sites (N-methyl/N-ethyl adjacent to an activating group) is 2. The molecule has 5 fully saturated rings. The Morgan fingerprint density at radius 3 is 2.43 bits per heavy atom. The van der Waals surface area contributed by atoms with E-state index in [1.54, 1.807) is 31.0 Å². The molecule has 18 heteroatoms. The van der Waals surface area contributed by atoms with E-state index < -0.39 is 52.6 Å². The number of amides is 2. The van der Waals surface area contributed by atoms with Crippen LogP contribution in [0.1, 0.15) is 180 Å². The van der Waals surface area contributed by atoms with Crippen LogP contribution in [-0.2, 0) is 27.8 Å². The molecule has 0 unspecified atom stereocenters. The van der Waals surface area contributed by atoms with Gasteiger partial charge in [0.2, 0.25) is 5.75 Å². The Balaban J connectivity index is 0.749. The third kappa shape index (κ3) is 11.0. The van der Waals surface area contributed by atoms with E-state index in [9.17, 15) is 40.2 Å². The predicted octanol–water partition coefficient (Wildman–Crippen LogP) is 10.3. The number of aliphatic hydroxyl groups is 5. The average Bonchev–Trinajstić information content (AvgIpc) is 1.39. The number of imide groups is 1. The van der Waals surface area contributed by atoms with Crippen molar-refractivity contribution in [2.45, 2.75) is 189 Å². The number of rotatable bonds is 20. The second-order valence-corrected chi connectivity index (χ2v) is 30.9. The molecule has 520 valence electrons. The van der Waals surface area contributed by atoms with Crippen LogP contribution in [0.2, 0.25) is 0 Å². The first-order valence-corrected chi connectivity index (χ1v) is 36.6. The molecule has 7 aliphatic carbocycles. The van der Waals surface area contributed by atoms with Gasteiger partial charge in [-0.05, 0) is 188 Å². The molecule has 11 aliphatic rings. The van der Waals surface area contributed by atoms with Gasteiger partial charge in [-0.1, -0.05) is 74.3 Å². The molecule has 0 spiro atoms. The van der Waals surface area contributed by atoms with Crippen LogP contribution in [0.3, 0.4) is 0 Å². The van der Waals surface area contributed by atoms with Crippen molar-refractivity contribution >= 4 is 23.6 Å². The van der Waals surface area contributed by atoms with E-state index in [2.05, 4.69) is 70.7 Å². The second-order valence-electron chi connectivity index (χ2n) is 30.9. The number of nitrogens with zero attached hydrogens (tertiary/aromatic N) is 1. The lowest BCUT2D eigenvalue weighted by molar-refractivity contribution is -0.153. The number of anilines is 1. The fraction of sp³-hybridized carbons (Fsp3) is 0.595. The SMILES string of the molecule is CNCCOc1cc(O[C@@]23CCC[C@@H](C[C@@H]4[C@@H]5CC=C[C@H]4C[C@](O)([C@H](C)O)C5)[C@@H]2CC[C@H](C)N3)c2c3c1CCc1c-3c(cc3c1[C@@H](O)[C@H](c1cc(OC)c(O)c(OC[C@H](CO)[C@]45CCC[C@H](C6(N7C(=O)C=C(CNC)C7=O)CCCCC6)[C@H]4C=Cc4ccccc45)c1)CO3)N[C@@H]2O. The summed E-state index contributed by atoms with van der Waals surface area (Å²) < 4.78 is 34.1. The van der Waals surface area contributed by atoms with E-state index in [1.165, 1.54) is 13.2 Å². The number of hydrogen-bond donors (Lipinski definition) is 10. The summed E-state index contributed by atoms with van der Waals surface area (Å²) in [6, 6.07) is 16.0. The molecule has 15 rings (SSSR count). The number of phenols is 1. The highest BCUT2D eigenvalue weighted by molar-refractivity contribution is 6.17. The zero-order chi connectivity index (χ0) is 67.3. The Hall–Kier alpha value is -6.48. The monoisotopic (exact) mass is 1330 g/mol. The zero-order valence-electron chi connectivity index (χ0n) is 57.2. The normalized spacial score (nSPS) is 33.2. The first-order valence-electron chi connectivity index (χ1n) is 36.6. The summed E-state index contributed by atoms with van der Waals surface area (Å²) in [5.74, 6) is 1.36. The van der Waals surface area contributed by atoms with Crippen molar-refractivity contribution in [3.8, 4) is 45.6 Å². The summed E-state index contributed by atoms with van der Waals surface area (Å²) in [5, 5.41) is 86.1. The number of aromatic hydroxyl groups is 1. The first-order chi connectivity index (χ1) is 47.0. The number of piperidine rings is 1. The number of benzene rings is 4. The van der Waals surface area contributed by atoms with E-state index in [0.717, 1.165) is 117 Å². The van der Waals surface area contributed by atoms with Crippen molar-refractivity contribution in [2.75, 3.05) is 66.0 Å². The standard InChI is InChI=1S/C79H101N5O13/c1-44-20-24-58-47(32-55-48-15-11-16-49(55)39-77(92,38-48)45(2)86)17-12-29-79(58,83-44)97-64-37-62(94-31-30-80-3)53-22-23-54-68-61(82-74(90)71(64)70(53)68)36-63-69(54)72(88)56(43-96-63)50-33-65(93-5)73(89)66(34-50)95-42-52(41-85)78-28-13-19-59(60(78)25-21-46-14-7-8-18-57(46)78)76(26-9-6-10-27-76)84-67(87)35-51(40-81-4)75(84)91/h7-8,11,14-15,18,21,25,33-37,44-45,47-49,52,55-56,58-60,72,74,80-83,85-86,88-90,92H,6,9-10,12-13,16-17,19-20,22-24,26-32,38-43H2,1-5H3/t44-,45-,47-,48-,49+,52-,55-,56-,58-,59-,60+,72-,74+,77+,78-,79-/m0/s1. The number of phenolic OH excluding ortho intramolecular Hbond substituents is 1. The number of nitrogens with one attached hydrogen (secondary N) is 4. The van der Waals surface area contributed by atoms with Gasteiger partial charge in [-0.15, -0.1) is 0 Å². The minimum atomic E-state index is -1.15. The van der Waals surface area contributed by atoms with E-state index in [1.807, 2.05) is 25.2 Å². The van der Waals surface area contributed by atoms with Crippen LogP contribution in [0.25, 0.3) is 17.2 Å². The zero-order valence-corrected chi connectivity index (χ0v) is 57.2. The third-order valence-electron chi connectivity index (χ3n) is 25.9. The molecule has 2 bridgehead atoms. The molecule has 4 aliphatic heterocycles. The number of carbonyl (C=O) groups excluding carboxylic acids is 2. The first kappa shape index (κ1) is 66.4.